The van der Waals surface area contributed by atoms with Gasteiger partial charge < -0.3 is 5.32 Å². The van der Waals surface area contributed by atoms with E-state index in [4.69, 9.17) is 11.6 Å². The van der Waals surface area contributed by atoms with E-state index in [0.29, 0.717) is 16.7 Å². The summed E-state index contributed by atoms with van der Waals surface area (Å²) in [5, 5.41) is 2.85. The van der Waals surface area contributed by atoms with Gasteiger partial charge in [0.2, 0.25) is 5.91 Å². The molecule has 0 spiro atoms. The van der Waals surface area contributed by atoms with Gasteiger partial charge in [0.25, 0.3) is 20.0 Å². The standard InChI is InChI=1S/C29H25ClF3N3O5S2/c1-19-9-13-25(14-10-19)43(40,41)36(27-8-4-7-26(30)20(27)2)18-28(37)34-22-11-15-24(16-12-22)42(38,39)35-23-6-3-5-21(17-23)29(31,32)33/h3-17,35H,18H2,1-2H3,(H,34,37). The average Bonchev–Trinajstić information content (AvgIpc) is 2.93. The summed E-state index contributed by atoms with van der Waals surface area (Å²) >= 11 is 6.25. The van der Waals surface area contributed by atoms with Crippen molar-refractivity contribution in [2.45, 2.75) is 29.8 Å². The number of nitrogens with one attached hydrogen (secondary N) is 2. The molecule has 4 aromatic carbocycles. The first-order valence-corrected chi connectivity index (χ1v) is 15.8. The van der Waals surface area contributed by atoms with E-state index in [-0.39, 0.29) is 26.9 Å². The van der Waals surface area contributed by atoms with Crippen molar-refractivity contribution >= 4 is 54.6 Å². The van der Waals surface area contributed by atoms with Crippen LogP contribution in [0.1, 0.15) is 16.7 Å². The molecule has 0 aromatic heterocycles. The number of carbonyl (C=O) groups is 1. The highest BCUT2D eigenvalue weighted by Crippen LogP contribution is 2.32. The van der Waals surface area contributed by atoms with Gasteiger partial charge in [-0.05, 0) is 86.1 Å². The molecule has 14 heteroatoms. The van der Waals surface area contributed by atoms with Crippen LogP contribution in [0.4, 0.5) is 30.2 Å². The number of amides is 1. The van der Waals surface area contributed by atoms with Crippen LogP contribution in [0.2, 0.25) is 5.02 Å². The van der Waals surface area contributed by atoms with Crippen molar-refractivity contribution in [3.63, 3.8) is 0 Å². The van der Waals surface area contributed by atoms with Crippen molar-refractivity contribution in [3.8, 4) is 0 Å². The highest BCUT2D eigenvalue weighted by molar-refractivity contribution is 7.93. The lowest BCUT2D eigenvalue weighted by atomic mass is 10.2. The van der Waals surface area contributed by atoms with Crippen LogP contribution < -0.4 is 14.3 Å². The minimum atomic E-state index is -4.65. The molecule has 0 radical (unpaired) electrons. The quantitative estimate of drug-likeness (QED) is 0.212. The van der Waals surface area contributed by atoms with E-state index in [1.807, 2.05) is 0 Å². The third-order valence-corrected chi connectivity index (χ3v) is 9.88. The average molecular weight is 652 g/mol. The summed E-state index contributed by atoms with van der Waals surface area (Å²) < 4.78 is 94.8. The summed E-state index contributed by atoms with van der Waals surface area (Å²) in [6, 6.07) is 19.4. The second-order valence-electron chi connectivity index (χ2n) is 9.47. The molecule has 0 aliphatic rings. The summed E-state index contributed by atoms with van der Waals surface area (Å²) in [4.78, 5) is 12.8. The molecule has 0 fully saturated rings. The predicted molar refractivity (Wildman–Crippen MR) is 159 cm³/mol. The summed E-state index contributed by atoms with van der Waals surface area (Å²) in [6.07, 6.45) is -4.65. The van der Waals surface area contributed by atoms with Gasteiger partial charge in [0.05, 0.1) is 21.0 Å². The normalized spacial score (nSPS) is 12.0. The van der Waals surface area contributed by atoms with Crippen molar-refractivity contribution < 1.29 is 34.8 Å². The number of alkyl halides is 3. The van der Waals surface area contributed by atoms with Crippen LogP contribution in [0.5, 0.6) is 0 Å². The zero-order chi connectivity index (χ0) is 31.6. The molecule has 43 heavy (non-hydrogen) atoms. The number of aryl methyl sites for hydroxylation is 1. The zero-order valence-corrected chi connectivity index (χ0v) is 25.1. The van der Waals surface area contributed by atoms with Crippen molar-refractivity contribution in [1.82, 2.24) is 0 Å². The first kappa shape index (κ1) is 31.9. The fraction of sp³-hybridized carbons (Fsp3) is 0.138. The third kappa shape index (κ3) is 7.48. The zero-order valence-electron chi connectivity index (χ0n) is 22.7. The Morgan fingerprint density at radius 1 is 0.814 bits per heavy atom. The molecule has 226 valence electrons. The molecule has 4 aromatic rings. The highest BCUT2D eigenvalue weighted by Gasteiger charge is 2.31. The number of benzene rings is 4. The Bertz CT molecular complexity index is 1870. The smallest absolute Gasteiger partial charge is 0.325 e. The maximum absolute atomic E-state index is 13.6. The molecule has 0 heterocycles. The molecule has 0 atom stereocenters. The molecule has 0 bridgehead atoms. The van der Waals surface area contributed by atoms with Crippen molar-refractivity contribution in [2.24, 2.45) is 0 Å². The van der Waals surface area contributed by atoms with Gasteiger partial charge in [0.15, 0.2) is 0 Å². The highest BCUT2D eigenvalue weighted by atomic mass is 35.5. The fourth-order valence-electron chi connectivity index (χ4n) is 4.02. The molecule has 0 saturated heterocycles. The molecule has 1 amide bonds. The van der Waals surface area contributed by atoms with Crippen LogP contribution in [-0.4, -0.2) is 29.3 Å². The van der Waals surface area contributed by atoms with Crippen molar-refractivity contribution in [2.75, 3.05) is 20.9 Å². The second kappa shape index (κ2) is 12.3. The number of rotatable bonds is 9. The molecule has 0 unspecified atom stereocenters. The third-order valence-electron chi connectivity index (χ3n) is 6.29. The molecule has 0 aliphatic carbocycles. The minimum absolute atomic E-state index is 0.0342. The number of hydrogen-bond donors (Lipinski definition) is 2. The van der Waals surface area contributed by atoms with Crippen LogP contribution in [0.15, 0.2) is 101 Å². The SMILES string of the molecule is Cc1ccc(S(=O)(=O)N(CC(=O)Nc2ccc(S(=O)(=O)Nc3cccc(C(F)(F)F)c3)cc2)c2cccc(Cl)c2C)cc1. The number of anilines is 3. The Kier molecular flexibility index (Phi) is 9.09. The molecule has 8 nitrogen and oxygen atoms in total. The van der Waals surface area contributed by atoms with Gasteiger partial charge in [0, 0.05) is 16.4 Å². The topological polar surface area (TPSA) is 113 Å². The van der Waals surface area contributed by atoms with Gasteiger partial charge >= 0.3 is 6.18 Å². The molecular formula is C29H25ClF3N3O5S2. The van der Waals surface area contributed by atoms with Crippen molar-refractivity contribution in [1.29, 1.82) is 0 Å². The summed E-state index contributed by atoms with van der Waals surface area (Å²) in [6.45, 7) is 2.80. The van der Waals surface area contributed by atoms with Crippen LogP contribution >= 0.6 is 11.6 Å². The number of hydrogen-bond acceptors (Lipinski definition) is 5. The lowest BCUT2D eigenvalue weighted by molar-refractivity contribution is -0.137. The van der Waals surface area contributed by atoms with E-state index in [1.165, 1.54) is 36.4 Å². The van der Waals surface area contributed by atoms with Gasteiger partial charge in [-0.2, -0.15) is 13.2 Å². The van der Waals surface area contributed by atoms with Crippen LogP contribution in [0.25, 0.3) is 0 Å². The minimum Gasteiger partial charge on any atom is -0.325 e. The van der Waals surface area contributed by atoms with E-state index in [1.54, 1.807) is 38.1 Å². The summed E-state index contributed by atoms with van der Waals surface area (Å²) in [5.41, 5.74) is 0.340. The Morgan fingerprint density at radius 2 is 1.42 bits per heavy atom. The van der Waals surface area contributed by atoms with E-state index < -0.39 is 44.2 Å². The first-order valence-electron chi connectivity index (χ1n) is 12.5. The molecule has 4 rings (SSSR count). The second-order valence-corrected chi connectivity index (χ2v) is 13.4. The first-order chi connectivity index (χ1) is 20.1. The van der Waals surface area contributed by atoms with E-state index in [2.05, 4.69) is 10.0 Å². The number of halogens is 4. The largest absolute Gasteiger partial charge is 0.416 e. The van der Waals surface area contributed by atoms with E-state index in [9.17, 15) is 34.8 Å². The van der Waals surface area contributed by atoms with Gasteiger partial charge in [0.1, 0.15) is 6.54 Å². The Hall–Kier alpha value is -4.07. The summed E-state index contributed by atoms with van der Waals surface area (Å²) in [5.74, 6) is -0.729. The van der Waals surface area contributed by atoms with Gasteiger partial charge in [-0.1, -0.05) is 41.4 Å². The van der Waals surface area contributed by atoms with E-state index >= 15 is 0 Å². The Balaban J connectivity index is 1.55. The lowest BCUT2D eigenvalue weighted by Gasteiger charge is -2.26. The Morgan fingerprint density at radius 3 is 2.05 bits per heavy atom. The van der Waals surface area contributed by atoms with Gasteiger partial charge in [-0.25, -0.2) is 16.8 Å². The summed E-state index contributed by atoms with van der Waals surface area (Å²) in [7, 11) is -8.48. The van der Waals surface area contributed by atoms with Crippen LogP contribution in [0.3, 0.4) is 0 Å². The molecule has 2 N–H and O–H groups in total. The molecular weight excluding hydrogens is 627 g/mol. The van der Waals surface area contributed by atoms with Gasteiger partial charge in [-0.15, -0.1) is 0 Å². The number of nitrogens with zero attached hydrogens (tertiary/aromatic N) is 1. The maximum Gasteiger partial charge on any atom is 0.416 e. The number of carbonyl (C=O) groups excluding carboxylic acids is 1. The molecule has 0 aliphatic heterocycles. The Labute approximate surface area is 252 Å². The number of sulfonamides is 2. The van der Waals surface area contributed by atoms with Crippen LogP contribution in [-0.2, 0) is 31.0 Å². The molecule has 0 saturated carbocycles. The fourth-order valence-corrected chi connectivity index (χ4v) is 6.72. The monoisotopic (exact) mass is 651 g/mol. The van der Waals surface area contributed by atoms with Crippen molar-refractivity contribution in [3.05, 3.63) is 113 Å². The maximum atomic E-state index is 13.6. The van der Waals surface area contributed by atoms with Gasteiger partial charge in [-0.3, -0.25) is 13.8 Å². The predicted octanol–water partition coefficient (Wildman–Crippen LogP) is 6.61. The van der Waals surface area contributed by atoms with E-state index in [0.717, 1.165) is 34.1 Å². The lowest BCUT2D eigenvalue weighted by Crippen LogP contribution is -2.38. The van der Waals surface area contributed by atoms with Crippen LogP contribution in [0, 0.1) is 13.8 Å².